The van der Waals surface area contributed by atoms with E-state index in [1.807, 2.05) is 4.90 Å². The lowest BCUT2D eigenvalue weighted by Crippen LogP contribution is -2.48. The number of rotatable bonds is 6. The minimum Gasteiger partial charge on any atom is -0.481 e. The molecule has 0 aromatic rings. The Morgan fingerprint density at radius 2 is 1.95 bits per heavy atom. The Morgan fingerprint density at radius 3 is 2.52 bits per heavy atom. The summed E-state index contributed by atoms with van der Waals surface area (Å²) in [5, 5.41) is 9.34. The van der Waals surface area contributed by atoms with Gasteiger partial charge in [-0.1, -0.05) is 6.42 Å². The topological polar surface area (TPSA) is 66.8 Å². The van der Waals surface area contributed by atoms with E-state index >= 15 is 0 Å². The molecule has 0 radical (unpaired) electrons. The number of aliphatic carboxylic acids is 1. The molecule has 1 amide bonds. The van der Waals surface area contributed by atoms with E-state index in [1.165, 1.54) is 12.8 Å². The van der Waals surface area contributed by atoms with Crippen LogP contribution >= 0.6 is 0 Å². The smallest absolute Gasteiger partial charge is 0.310 e. The molecule has 0 aromatic heterocycles. The van der Waals surface area contributed by atoms with E-state index in [-0.39, 0.29) is 18.4 Å². The normalized spacial score (nSPS) is 28.0. The fourth-order valence-electron chi connectivity index (χ4n) is 3.33. The van der Waals surface area contributed by atoms with Crippen molar-refractivity contribution in [3.63, 3.8) is 0 Å². The molecule has 0 bridgehead atoms. The largest absolute Gasteiger partial charge is 0.481 e. The van der Waals surface area contributed by atoms with E-state index in [0.717, 1.165) is 38.3 Å². The molecule has 21 heavy (non-hydrogen) atoms. The minimum absolute atomic E-state index is 0.00294. The standard InChI is InChI=1S/C16H25NO4/c18-14(9-16(15(19)20)6-2-7-16)17-8-1-3-13(10-17)21-11-12-4-5-12/h12-13H,1-11H2,(H,19,20). The highest BCUT2D eigenvalue weighted by Gasteiger charge is 2.46. The van der Waals surface area contributed by atoms with Gasteiger partial charge in [-0.15, -0.1) is 0 Å². The molecule has 2 saturated carbocycles. The Balaban J connectivity index is 1.50. The van der Waals surface area contributed by atoms with Crippen LogP contribution in [0.5, 0.6) is 0 Å². The van der Waals surface area contributed by atoms with Crippen molar-refractivity contribution in [3.8, 4) is 0 Å². The highest BCUT2D eigenvalue weighted by molar-refractivity contribution is 5.85. The Bertz CT molecular complexity index is 415. The Hall–Kier alpha value is -1.10. The van der Waals surface area contributed by atoms with Gasteiger partial charge < -0.3 is 14.7 Å². The van der Waals surface area contributed by atoms with Crippen LogP contribution in [-0.4, -0.2) is 47.7 Å². The van der Waals surface area contributed by atoms with Crippen LogP contribution in [0.1, 0.15) is 51.4 Å². The van der Waals surface area contributed by atoms with E-state index < -0.39 is 11.4 Å². The number of nitrogens with zero attached hydrogens (tertiary/aromatic N) is 1. The molecule has 0 spiro atoms. The molecule has 1 heterocycles. The summed E-state index contributed by atoms with van der Waals surface area (Å²) in [5.41, 5.74) is -0.779. The molecule has 5 heteroatoms. The molecule has 1 unspecified atom stereocenters. The first-order valence-electron chi connectivity index (χ1n) is 8.22. The van der Waals surface area contributed by atoms with Gasteiger partial charge in [0.05, 0.1) is 11.5 Å². The van der Waals surface area contributed by atoms with Gasteiger partial charge in [-0.2, -0.15) is 0 Å². The van der Waals surface area contributed by atoms with Crippen LogP contribution in [0.25, 0.3) is 0 Å². The van der Waals surface area contributed by atoms with Crippen molar-refractivity contribution in [2.75, 3.05) is 19.7 Å². The Kier molecular flexibility index (Phi) is 4.20. The summed E-state index contributed by atoms with van der Waals surface area (Å²) >= 11 is 0. The molecule has 5 nitrogen and oxygen atoms in total. The van der Waals surface area contributed by atoms with Crippen LogP contribution in [0.2, 0.25) is 0 Å². The predicted octanol–water partition coefficient (Wildman–Crippen LogP) is 2.05. The maximum atomic E-state index is 12.4. The summed E-state index contributed by atoms with van der Waals surface area (Å²) in [6, 6.07) is 0. The van der Waals surface area contributed by atoms with Gasteiger partial charge in [0.1, 0.15) is 0 Å². The lowest BCUT2D eigenvalue weighted by molar-refractivity contribution is -0.160. The zero-order chi connectivity index (χ0) is 14.9. The maximum Gasteiger partial charge on any atom is 0.310 e. The summed E-state index contributed by atoms with van der Waals surface area (Å²) in [6.45, 7) is 2.21. The van der Waals surface area contributed by atoms with Crippen LogP contribution in [-0.2, 0) is 14.3 Å². The molecular weight excluding hydrogens is 270 g/mol. The van der Waals surface area contributed by atoms with E-state index in [9.17, 15) is 14.7 Å². The van der Waals surface area contributed by atoms with Gasteiger partial charge in [-0.25, -0.2) is 0 Å². The van der Waals surface area contributed by atoms with E-state index in [2.05, 4.69) is 0 Å². The number of hydrogen-bond donors (Lipinski definition) is 1. The number of carboxylic acids is 1. The summed E-state index contributed by atoms with van der Waals surface area (Å²) in [4.78, 5) is 25.6. The zero-order valence-electron chi connectivity index (χ0n) is 12.6. The van der Waals surface area contributed by atoms with Gasteiger partial charge in [-0.05, 0) is 44.4 Å². The van der Waals surface area contributed by atoms with Crippen LogP contribution in [0.3, 0.4) is 0 Å². The van der Waals surface area contributed by atoms with Crippen LogP contribution < -0.4 is 0 Å². The fraction of sp³-hybridized carbons (Fsp3) is 0.875. The molecule has 0 aromatic carbocycles. The lowest BCUT2D eigenvalue weighted by Gasteiger charge is -2.40. The van der Waals surface area contributed by atoms with Crippen molar-refractivity contribution >= 4 is 11.9 Å². The predicted molar refractivity (Wildman–Crippen MR) is 76.8 cm³/mol. The maximum absolute atomic E-state index is 12.4. The lowest BCUT2D eigenvalue weighted by atomic mass is 9.66. The van der Waals surface area contributed by atoms with E-state index in [0.29, 0.717) is 19.4 Å². The number of carbonyl (C=O) groups excluding carboxylic acids is 1. The third-order valence-electron chi connectivity index (χ3n) is 5.25. The summed E-state index contributed by atoms with van der Waals surface area (Å²) in [5.74, 6) is -0.0706. The molecule has 1 atom stereocenters. The zero-order valence-corrected chi connectivity index (χ0v) is 12.6. The second kappa shape index (κ2) is 5.95. The summed E-state index contributed by atoms with van der Waals surface area (Å²) < 4.78 is 5.89. The monoisotopic (exact) mass is 295 g/mol. The number of likely N-dealkylation sites (tertiary alicyclic amines) is 1. The second-order valence-corrected chi connectivity index (χ2v) is 7.00. The number of hydrogen-bond acceptors (Lipinski definition) is 3. The van der Waals surface area contributed by atoms with Gasteiger partial charge in [0.2, 0.25) is 5.91 Å². The average molecular weight is 295 g/mol. The molecule has 3 fully saturated rings. The van der Waals surface area contributed by atoms with Gasteiger partial charge in [0, 0.05) is 26.1 Å². The molecule has 1 aliphatic heterocycles. The van der Waals surface area contributed by atoms with Crippen molar-refractivity contribution < 1.29 is 19.4 Å². The Labute approximate surface area is 125 Å². The van der Waals surface area contributed by atoms with Gasteiger partial charge in [0.15, 0.2) is 0 Å². The number of carbonyl (C=O) groups is 2. The van der Waals surface area contributed by atoms with Crippen molar-refractivity contribution in [2.24, 2.45) is 11.3 Å². The van der Waals surface area contributed by atoms with Crippen LogP contribution in [0.4, 0.5) is 0 Å². The SMILES string of the molecule is O=C(CC1(C(=O)O)CCC1)N1CCCC(OCC2CC2)C1. The van der Waals surface area contributed by atoms with Gasteiger partial charge in [-0.3, -0.25) is 9.59 Å². The Morgan fingerprint density at radius 1 is 1.19 bits per heavy atom. The quantitative estimate of drug-likeness (QED) is 0.814. The molecule has 2 aliphatic carbocycles. The number of carboxylic acid groups (broad SMARTS) is 1. The number of piperidine rings is 1. The molecule has 3 aliphatic rings. The van der Waals surface area contributed by atoms with E-state index in [4.69, 9.17) is 4.74 Å². The third-order valence-corrected chi connectivity index (χ3v) is 5.25. The van der Waals surface area contributed by atoms with Crippen molar-refractivity contribution in [1.29, 1.82) is 0 Å². The van der Waals surface area contributed by atoms with Crippen molar-refractivity contribution in [3.05, 3.63) is 0 Å². The number of ether oxygens (including phenoxy) is 1. The molecular formula is C16H25NO4. The first-order chi connectivity index (χ1) is 10.1. The van der Waals surface area contributed by atoms with Crippen molar-refractivity contribution in [2.45, 2.75) is 57.5 Å². The van der Waals surface area contributed by atoms with Crippen LogP contribution in [0.15, 0.2) is 0 Å². The molecule has 3 rings (SSSR count). The molecule has 118 valence electrons. The summed E-state index contributed by atoms with van der Waals surface area (Å²) in [7, 11) is 0. The second-order valence-electron chi connectivity index (χ2n) is 7.00. The first kappa shape index (κ1) is 14.8. The average Bonchev–Trinajstić information content (AvgIpc) is 3.24. The van der Waals surface area contributed by atoms with Gasteiger partial charge in [0.25, 0.3) is 0 Å². The highest BCUT2D eigenvalue weighted by atomic mass is 16.5. The van der Waals surface area contributed by atoms with E-state index in [1.54, 1.807) is 0 Å². The van der Waals surface area contributed by atoms with Crippen LogP contribution in [0, 0.1) is 11.3 Å². The minimum atomic E-state index is -0.805. The van der Waals surface area contributed by atoms with Crippen molar-refractivity contribution in [1.82, 2.24) is 4.90 Å². The number of amides is 1. The fourth-order valence-corrected chi connectivity index (χ4v) is 3.33. The van der Waals surface area contributed by atoms with Gasteiger partial charge >= 0.3 is 5.97 Å². The third kappa shape index (κ3) is 3.39. The summed E-state index contributed by atoms with van der Waals surface area (Å²) in [6.07, 6.45) is 7.04. The highest BCUT2D eigenvalue weighted by Crippen LogP contribution is 2.44. The molecule has 1 N–H and O–H groups in total. The molecule has 1 saturated heterocycles. The first-order valence-corrected chi connectivity index (χ1v) is 8.22.